The van der Waals surface area contributed by atoms with Crippen molar-refractivity contribution in [3.05, 3.63) is 102 Å². The van der Waals surface area contributed by atoms with E-state index in [2.05, 4.69) is 24.3 Å². The fourth-order valence-electron chi connectivity index (χ4n) is 2.53. The molecule has 0 aliphatic heterocycles. The first kappa shape index (κ1) is 16.8. The summed E-state index contributed by atoms with van der Waals surface area (Å²) in [4.78, 5) is 0. The third-order valence-electron chi connectivity index (χ3n) is 3.76. The molecular weight excluding hydrogens is 308 g/mol. The molecule has 0 radical (unpaired) electrons. The van der Waals surface area contributed by atoms with Crippen LogP contribution in [0.4, 0.5) is 0 Å². The lowest BCUT2D eigenvalue weighted by molar-refractivity contribution is 0.290. The lowest BCUT2D eigenvalue weighted by atomic mass is 10.2. The van der Waals surface area contributed by atoms with Crippen LogP contribution in [0.25, 0.3) is 6.08 Å². The maximum absolute atomic E-state index is 5.96. The summed E-state index contributed by atoms with van der Waals surface area (Å²) in [5.74, 6) is 1.62. The van der Waals surface area contributed by atoms with E-state index in [1.165, 1.54) is 0 Å². The van der Waals surface area contributed by atoms with E-state index in [4.69, 9.17) is 9.47 Å². The number of allylic oxidation sites excluding steroid dienone is 1. The molecule has 0 aromatic heterocycles. The molecule has 3 aromatic carbocycles. The van der Waals surface area contributed by atoms with Gasteiger partial charge in [0.05, 0.1) is 0 Å². The van der Waals surface area contributed by atoms with Gasteiger partial charge in [0.2, 0.25) is 0 Å². The van der Waals surface area contributed by atoms with Crippen molar-refractivity contribution in [2.75, 3.05) is 0 Å². The predicted octanol–water partition coefficient (Wildman–Crippen LogP) is 5.88. The highest BCUT2D eigenvalue weighted by molar-refractivity contribution is 5.55. The van der Waals surface area contributed by atoms with E-state index >= 15 is 0 Å². The first-order valence-corrected chi connectivity index (χ1v) is 8.45. The molecule has 0 unspecified atom stereocenters. The molecule has 0 aliphatic carbocycles. The van der Waals surface area contributed by atoms with E-state index in [0.717, 1.165) is 28.2 Å². The predicted molar refractivity (Wildman–Crippen MR) is 103 cm³/mol. The first-order valence-electron chi connectivity index (χ1n) is 8.45. The van der Waals surface area contributed by atoms with E-state index in [-0.39, 0.29) is 0 Å². The second kappa shape index (κ2) is 8.74. The Morgan fingerprint density at radius 3 is 1.60 bits per heavy atom. The van der Waals surface area contributed by atoms with Gasteiger partial charge in [0.25, 0.3) is 0 Å². The Morgan fingerprint density at radius 2 is 1.16 bits per heavy atom. The molecule has 0 atom stereocenters. The number of rotatable bonds is 7. The van der Waals surface area contributed by atoms with Crippen LogP contribution >= 0.6 is 0 Å². The molecule has 0 bridgehead atoms. The smallest absolute Gasteiger partial charge is 0.124 e. The molecule has 0 aliphatic rings. The second-order valence-corrected chi connectivity index (χ2v) is 5.79. The van der Waals surface area contributed by atoms with Gasteiger partial charge in [-0.1, -0.05) is 72.8 Å². The SMILES string of the molecule is C/C=C/c1cc(OCc2ccccc2)cc(OCc2ccccc2)c1. The molecule has 3 aromatic rings. The molecule has 3 rings (SSSR count). The van der Waals surface area contributed by atoms with Gasteiger partial charge in [-0.25, -0.2) is 0 Å². The molecule has 0 amide bonds. The average molecular weight is 330 g/mol. The summed E-state index contributed by atoms with van der Waals surface area (Å²) >= 11 is 0. The van der Waals surface area contributed by atoms with Gasteiger partial charge in [-0.2, -0.15) is 0 Å². The highest BCUT2D eigenvalue weighted by Crippen LogP contribution is 2.25. The molecule has 25 heavy (non-hydrogen) atoms. The van der Waals surface area contributed by atoms with Crippen LogP contribution in [0.15, 0.2) is 84.9 Å². The van der Waals surface area contributed by atoms with Crippen molar-refractivity contribution in [2.24, 2.45) is 0 Å². The second-order valence-electron chi connectivity index (χ2n) is 5.79. The Bertz CT molecular complexity index is 746. The van der Waals surface area contributed by atoms with E-state index < -0.39 is 0 Å². The molecule has 126 valence electrons. The Morgan fingerprint density at radius 1 is 0.680 bits per heavy atom. The zero-order chi connectivity index (χ0) is 17.3. The summed E-state index contributed by atoms with van der Waals surface area (Å²) in [6.45, 7) is 3.08. The number of hydrogen-bond acceptors (Lipinski definition) is 2. The Kier molecular flexibility index (Phi) is 5.89. The van der Waals surface area contributed by atoms with Crippen molar-refractivity contribution in [1.29, 1.82) is 0 Å². The maximum atomic E-state index is 5.96. The molecule has 0 saturated carbocycles. The third kappa shape index (κ3) is 5.25. The number of ether oxygens (including phenoxy) is 2. The highest BCUT2D eigenvalue weighted by atomic mass is 16.5. The fourth-order valence-corrected chi connectivity index (χ4v) is 2.53. The van der Waals surface area contributed by atoms with Crippen LogP contribution in [0.3, 0.4) is 0 Å². The van der Waals surface area contributed by atoms with Gasteiger partial charge >= 0.3 is 0 Å². The number of hydrogen-bond donors (Lipinski definition) is 0. The molecular formula is C23H22O2. The van der Waals surface area contributed by atoms with Gasteiger partial charge in [0, 0.05) is 6.07 Å². The molecule has 2 heteroatoms. The lowest BCUT2D eigenvalue weighted by Crippen LogP contribution is -1.98. The molecule has 0 spiro atoms. The Labute approximate surface area is 149 Å². The summed E-state index contributed by atoms with van der Waals surface area (Å²) in [5.41, 5.74) is 3.35. The van der Waals surface area contributed by atoms with Gasteiger partial charge in [-0.15, -0.1) is 0 Å². The van der Waals surface area contributed by atoms with Gasteiger partial charge in [0.15, 0.2) is 0 Å². The average Bonchev–Trinajstić information content (AvgIpc) is 2.67. The minimum Gasteiger partial charge on any atom is -0.489 e. The van der Waals surface area contributed by atoms with Crippen molar-refractivity contribution in [1.82, 2.24) is 0 Å². The molecule has 0 N–H and O–H groups in total. The van der Waals surface area contributed by atoms with Crippen molar-refractivity contribution in [3.8, 4) is 11.5 Å². The maximum Gasteiger partial charge on any atom is 0.124 e. The summed E-state index contributed by atoms with van der Waals surface area (Å²) in [6.07, 6.45) is 4.06. The first-order chi connectivity index (χ1) is 12.3. The fraction of sp³-hybridized carbons (Fsp3) is 0.130. The molecule has 0 heterocycles. The minimum atomic E-state index is 0.540. The topological polar surface area (TPSA) is 18.5 Å². The standard InChI is InChI=1S/C23H22O2/c1-2-9-21-14-22(24-17-19-10-5-3-6-11-19)16-23(15-21)25-18-20-12-7-4-8-13-20/h2-16H,17-18H2,1H3/b9-2+. The zero-order valence-corrected chi connectivity index (χ0v) is 14.4. The minimum absolute atomic E-state index is 0.540. The summed E-state index contributed by atoms with van der Waals surface area (Å²) in [6, 6.07) is 26.3. The number of benzene rings is 3. The van der Waals surface area contributed by atoms with Gasteiger partial charge in [0.1, 0.15) is 24.7 Å². The molecule has 2 nitrogen and oxygen atoms in total. The molecule has 0 saturated heterocycles. The van der Waals surface area contributed by atoms with Crippen molar-refractivity contribution in [2.45, 2.75) is 20.1 Å². The monoisotopic (exact) mass is 330 g/mol. The van der Waals surface area contributed by atoms with Crippen LogP contribution in [0, 0.1) is 0 Å². The largest absolute Gasteiger partial charge is 0.489 e. The highest BCUT2D eigenvalue weighted by Gasteiger charge is 2.03. The van der Waals surface area contributed by atoms with E-state index in [1.54, 1.807) is 0 Å². The van der Waals surface area contributed by atoms with E-state index in [0.29, 0.717) is 13.2 Å². The van der Waals surface area contributed by atoms with Crippen LogP contribution in [0.2, 0.25) is 0 Å². The van der Waals surface area contributed by atoms with Crippen molar-refractivity contribution < 1.29 is 9.47 Å². The van der Waals surface area contributed by atoms with E-state index in [9.17, 15) is 0 Å². The van der Waals surface area contributed by atoms with Gasteiger partial charge in [-0.3, -0.25) is 0 Å². The van der Waals surface area contributed by atoms with Crippen LogP contribution in [0.1, 0.15) is 23.6 Å². The van der Waals surface area contributed by atoms with Crippen LogP contribution in [-0.4, -0.2) is 0 Å². The third-order valence-corrected chi connectivity index (χ3v) is 3.76. The summed E-state index contributed by atoms with van der Waals surface area (Å²) in [7, 11) is 0. The summed E-state index contributed by atoms with van der Waals surface area (Å²) in [5, 5.41) is 0. The lowest BCUT2D eigenvalue weighted by Gasteiger charge is -2.11. The van der Waals surface area contributed by atoms with Crippen molar-refractivity contribution >= 4 is 6.08 Å². The summed E-state index contributed by atoms with van der Waals surface area (Å²) < 4.78 is 11.9. The van der Waals surface area contributed by atoms with Gasteiger partial charge < -0.3 is 9.47 Å². The van der Waals surface area contributed by atoms with Gasteiger partial charge in [-0.05, 0) is 35.7 Å². The van der Waals surface area contributed by atoms with Crippen LogP contribution in [0.5, 0.6) is 11.5 Å². The van der Waals surface area contributed by atoms with Crippen molar-refractivity contribution in [3.63, 3.8) is 0 Å². The zero-order valence-electron chi connectivity index (χ0n) is 14.4. The van der Waals surface area contributed by atoms with Crippen LogP contribution in [-0.2, 0) is 13.2 Å². The Balaban J connectivity index is 1.72. The normalized spacial score (nSPS) is 10.8. The van der Waals surface area contributed by atoms with E-state index in [1.807, 2.05) is 73.7 Å². The van der Waals surface area contributed by atoms with Crippen LogP contribution < -0.4 is 9.47 Å². The quantitative estimate of drug-likeness (QED) is 0.539. The molecule has 0 fully saturated rings. The Hall–Kier alpha value is -3.00.